The molecule has 1 aromatic carbocycles. The van der Waals surface area contributed by atoms with Crippen molar-refractivity contribution in [2.24, 2.45) is 5.92 Å². The van der Waals surface area contributed by atoms with Crippen LogP contribution in [0.15, 0.2) is 24.3 Å². The molecule has 1 saturated carbocycles. The number of hydrogen-bond acceptors (Lipinski definition) is 6. The van der Waals surface area contributed by atoms with E-state index in [2.05, 4.69) is 23.3 Å². The zero-order valence-corrected chi connectivity index (χ0v) is 20.4. The molecule has 1 saturated heterocycles. The van der Waals surface area contributed by atoms with Crippen molar-refractivity contribution in [1.82, 2.24) is 10.6 Å². The first-order valence-electron chi connectivity index (χ1n) is 11.3. The van der Waals surface area contributed by atoms with Gasteiger partial charge in [0.2, 0.25) is 5.91 Å². The molecule has 0 radical (unpaired) electrons. The largest absolute Gasteiger partial charge is 0.494 e. The molecule has 176 valence electrons. The van der Waals surface area contributed by atoms with E-state index >= 15 is 0 Å². The molecule has 1 aliphatic heterocycles. The summed E-state index contributed by atoms with van der Waals surface area (Å²) in [5.74, 6) is 0.950. The van der Waals surface area contributed by atoms with Crippen molar-refractivity contribution in [2.75, 3.05) is 12.3 Å². The molecule has 2 atom stereocenters. The first-order chi connectivity index (χ1) is 15.1. The lowest BCUT2D eigenvalue weighted by Gasteiger charge is -2.32. The van der Waals surface area contributed by atoms with E-state index in [1.807, 2.05) is 52.0 Å². The highest BCUT2D eigenvalue weighted by Gasteiger charge is 2.51. The van der Waals surface area contributed by atoms with E-state index < -0.39 is 24.4 Å². The van der Waals surface area contributed by atoms with E-state index in [4.69, 9.17) is 14.0 Å². The number of carbonyl (C=O) groups is 2. The van der Waals surface area contributed by atoms with Crippen LogP contribution in [0.3, 0.4) is 0 Å². The van der Waals surface area contributed by atoms with Gasteiger partial charge in [0.25, 0.3) is 0 Å². The predicted molar refractivity (Wildman–Crippen MR) is 128 cm³/mol. The fourth-order valence-electron chi connectivity index (χ4n) is 4.01. The minimum absolute atomic E-state index is 0.0265. The first-order valence-corrected chi connectivity index (χ1v) is 12.0. The van der Waals surface area contributed by atoms with E-state index in [1.165, 1.54) is 0 Å². The molecule has 2 fully saturated rings. The fourth-order valence-corrected chi connectivity index (χ4v) is 4.21. The third kappa shape index (κ3) is 6.42. The number of nitrogens with one attached hydrogen (secondary N) is 2. The van der Waals surface area contributed by atoms with E-state index in [0.29, 0.717) is 24.6 Å². The van der Waals surface area contributed by atoms with Crippen molar-refractivity contribution in [2.45, 2.75) is 77.2 Å². The summed E-state index contributed by atoms with van der Waals surface area (Å²) in [6.45, 7) is 8.91. The summed E-state index contributed by atoms with van der Waals surface area (Å²) in [6, 6.07) is 7.82. The Morgan fingerprint density at radius 1 is 1.19 bits per heavy atom. The van der Waals surface area contributed by atoms with Crippen LogP contribution in [0.25, 0.3) is 0 Å². The Hall–Kier alpha value is -1.71. The van der Waals surface area contributed by atoms with Gasteiger partial charge in [0.15, 0.2) is 0 Å². The van der Waals surface area contributed by atoms with Crippen molar-refractivity contribution in [3.8, 4) is 0 Å². The number of ether oxygens (including phenoxy) is 1. The average Bonchev–Trinajstić information content (AvgIpc) is 3.26. The molecule has 3 rings (SSSR count). The van der Waals surface area contributed by atoms with E-state index in [0.717, 1.165) is 30.3 Å². The normalized spacial score (nSPS) is 23.7. The van der Waals surface area contributed by atoms with Crippen molar-refractivity contribution in [3.63, 3.8) is 0 Å². The molecule has 2 aliphatic rings. The van der Waals surface area contributed by atoms with E-state index in [-0.39, 0.29) is 18.6 Å². The molecule has 0 bridgehead atoms. The van der Waals surface area contributed by atoms with Crippen LogP contribution in [0.1, 0.15) is 58.9 Å². The average molecular weight is 462 g/mol. The molecule has 9 heteroatoms. The Kier molecular flexibility index (Phi) is 8.17. The van der Waals surface area contributed by atoms with Gasteiger partial charge < -0.3 is 24.7 Å². The number of rotatable bonds is 8. The van der Waals surface area contributed by atoms with E-state index in [9.17, 15) is 9.59 Å². The summed E-state index contributed by atoms with van der Waals surface area (Å²) in [6.07, 6.45) is 2.71. The molecule has 2 N–H and O–H groups in total. The van der Waals surface area contributed by atoms with Gasteiger partial charge in [0.05, 0.1) is 11.2 Å². The van der Waals surface area contributed by atoms with Gasteiger partial charge >= 0.3 is 13.2 Å². The Morgan fingerprint density at radius 2 is 1.91 bits per heavy atom. The van der Waals surface area contributed by atoms with Gasteiger partial charge in [-0.2, -0.15) is 12.6 Å². The molecule has 1 aromatic rings. The lowest BCUT2D eigenvalue weighted by molar-refractivity contribution is -0.120. The Bertz CT molecular complexity index is 803. The van der Waals surface area contributed by atoms with Gasteiger partial charge in [-0.15, -0.1) is 0 Å². The number of amides is 2. The van der Waals surface area contributed by atoms with Crippen LogP contribution in [0.5, 0.6) is 0 Å². The molecule has 1 aliphatic carbocycles. The van der Waals surface area contributed by atoms with Crippen LogP contribution in [0, 0.1) is 5.92 Å². The first kappa shape index (κ1) is 24.9. The van der Waals surface area contributed by atoms with Gasteiger partial charge in [-0.3, -0.25) is 4.79 Å². The minimum Gasteiger partial charge on any atom is -0.445 e. The molecule has 7 nitrogen and oxygen atoms in total. The molecule has 0 aromatic heterocycles. The van der Waals surface area contributed by atoms with Crippen LogP contribution in [-0.2, 0) is 25.4 Å². The predicted octanol–water partition coefficient (Wildman–Crippen LogP) is 2.82. The molecule has 2 unspecified atom stereocenters. The third-order valence-electron chi connectivity index (χ3n) is 6.64. The Labute approximate surface area is 196 Å². The summed E-state index contributed by atoms with van der Waals surface area (Å²) in [7, 11) is -0.447. The fraction of sp³-hybridized carbons (Fsp3) is 0.652. The van der Waals surface area contributed by atoms with Crippen molar-refractivity contribution in [3.05, 3.63) is 29.8 Å². The monoisotopic (exact) mass is 462 g/mol. The maximum absolute atomic E-state index is 12.3. The van der Waals surface area contributed by atoms with Crippen molar-refractivity contribution in [1.29, 1.82) is 0 Å². The summed E-state index contributed by atoms with van der Waals surface area (Å²) in [5, 5.41) is 5.88. The summed E-state index contributed by atoms with van der Waals surface area (Å²) in [4.78, 5) is 23.9. The second-order valence-corrected chi connectivity index (χ2v) is 10.2. The number of hydrogen-bond donors (Lipinski definition) is 3. The zero-order chi connectivity index (χ0) is 23.4. The number of benzene rings is 1. The van der Waals surface area contributed by atoms with Crippen LogP contribution >= 0.6 is 12.6 Å². The second kappa shape index (κ2) is 10.5. The zero-order valence-electron chi connectivity index (χ0n) is 19.5. The quantitative estimate of drug-likeness (QED) is 0.409. The van der Waals surface area contributed by atoms with Crippen LogP contribution in [-0.4, -0.2) is 48.7 Å². The SMILES string of the molecule is CC1(C)OB(c2cccc(COC(=O)NC3CCC(CNC(=O)CCS)C3)c2)OC1(C)C. The Morgan fingerprint density at radius 3 is 2.59 bits per heavy atom. The molecular weight excluding hydrogens is 427 g/mol. The molecule has 0 spiro atoms. The number of carbonyl (C=O) groups excluding carboxylic acids is 2. The van der Waals surface area contributed by atoms with Gasteiger partial charge in [0.1, 0.15) is 6.61 Å². The van der Waals surface area contributed by atoms with Crippen LogP contribution in [0.4, 0.5) is 4.79 Å². The molecular formula is C23H35BN2O5S. The van der Waals surface area contributed by atoms with Gasteiger partial charge in [-0.1, -0.05) is 24.3 Å². The maximum Gasteiger partial charge on any atom is 0.494 e. The molecule has 2 amide bonds. The minimum atomic E-state index is -0.447. The van der Waals surface area contributed by atoms with Crippen LogP contribution < -0.4 is 16.1 Å². The van der Waals surface area contributed by atoms with Crippen molar-refractivity contribution >= 4 is 37.2 Å². The highest BCUT2D eigenvalue weighted by atomic mass is 32.1. The van der Waals surface area contributed by atoms with Crippen LogP contribution in [0.2, 0.25) is 0 Å². The van der Waals surface area contributed by atoms with Crippen molar-refractivity contribution < 1.29 is 23.6 Å². The van der Waals surface area contributed by atoms with E-state index in [1.54, 1.807) is 0 Å². The standard InChI is InChI=1S/C23H35BN2O5S/c1-22(2)23(3,4)31-24(30-22)18-7-5-6-17(12-18)15-29-21(28)26-19-9-8-16(13-19)14-25-20(27)10-11-32/h5-7,12,16,19,32H,8-11,13-15H2,1-4H3,(H,25,27)(H,26,28). The highest BCUT2D eigenvalue weighted by molar-refractivity contribution is 7.80. The number of alkyl carbamates (subject to hydrolysis) is 1. The number of thiol groups is 1. The third-order valence-corrected chi connectivity index (χ3v) is 6.86. The maximum atomic E-state index is 12.3. The highest BCUT2D eigenvalue weighted by Crippen LogP contribution is 2.36. The Balaban J connectivity index is 1.43. The lowest BCUT2D eigenvalue weighted by atomic mass is 9.78. The van der Waals surface area contributed by atoms with Gasteiger partial charge in [-0.25, -0.2) is 4.79 Å². The summed E-state index contributed by atoms with van der Waals surface area (Å²) in [5.41, 5.74) is 0.976. The topological polar surface area (TPSA) is 85.9 Å². The molecule has 32 heavy (non-hydrogen) atoms. The smallest absolute Gasteiger partial charge is 0.445 e. The lowest BCUT2D eigenvalue weighted by Crippen LogP contribution is -2.41. The molecule has 1 heterocycles. The van der Waals surface area contributed by atoms with Gasteiger partial charge in [-0.05, 0) is 69.7 Å². The van der Waals surface area contributed by atoms with Gasteiger partial charge in [0, 0.05) is 19.0 Å². The second-order valence-electron chi connectivity index (χ2n) is 9.71. The summed E-state index contributed by atoms with van der Waals surface area (Å²) < 4.78 is 17.7. The summed E-state index contributed by atoms with van der Waals surface area (Å²) >= 11 is 4.07.